The Hall–Kier alpha value is -1.49. The third-order valence-electron chi connectivity index (χ3n) is 5.40. The molecule has 0 aliphatic carbocycles. The van der Waals surface area contributed by atoms with Crippen LogP contribution < -0.4 is 10.6 Å². The molecule has 0 aromatic rings. The summed E-state index contributed by atoms with van der Waals surface area (Å²) in [7, 11) is 3.78. The molecule has 0 atom stereocenters. The van der Waals surface area contributed by atoms with Crippen molar-refractivity contribution in [1.82, 2.24) is 25.3 Å². The van der Waals surface area contributed by atoms with Gasteiger partial charge in [-0.15, -0.1) is 6.42 Å². The molecule has 0 aromatic carbocycles. The van der Waals surface area contributed by atoms with Crippen molar-refractivity contribution >= 4 is 6.03 Å². The van der Waals surface area contributed by atoms with Gasteiger partial charge in [0.05, 0.1) is 59.5 Å². The number of nitrogens with one attached hydrogen (secondary N) is 2. The van der Waals surface area contributed by atoms with Gasteiger partial charge in [0.2, 0.25) is 0 Å². The summed E-state index contributed by atoms with van der Waals surface area (Å²) in [6, 6.07) is 0.0544. The van der Waals surface area contributed by atoms with Crippen molar-refractivity contribution in [3.8, 4) is 12.3 Å². The van der Waals surface area contributed by atoms with Crippen molar-refractivity contribution < 1.29 is 28.5 Å². The summed E-state index contributed by atoms with van der Waals surface area (Å²) < 4.78 is 27.5. The molecular formula is C24H47N5O6. The van der Waals surface area contributed by atoms with E-state index in [2.05, 4.69) is 21.5 Å². The molecule has 11 heteroatoms. The molecule has 204 valence electrons. The molecule has 0 saturated carbocycles. The van der Waals surface area contributed by atoms with Crippen LogP contribution in [-0.4, -0.2) is 160 Å². The second-order valence-corrected chi connectivity index (χ2v) is 8.01. The van der Waals surface area contributed by atoms with Gasteiger partial charge < -0.3 is 44.1 Å². The first-order valence-corrected chi connectivity index (χ1v) is 12.6. The number of piperazine rings is 1. The average molecular weight is 502 g/mol. The molecule has 0 bridgehead atoms. The normalized spacial score (nSPS) is 14.3. The standard InChI is InChI=1S/C24H47N5O6/c1-4-14-31-20-22-35-23-21-34-17-11-27-7-9-28(10-8-27)24(30)29(12-18-32-15-5-25-2)13-19-33-16-6-26-3/h1,25-26H,5-23H2,2-3H3. The van der Waals surface area contributed by atoms with Crippen LogP contribution in [0.15, 0.2) is 0 Å². The van der Waals surface area contributed by atoms with Crippen molar-refractivity contribution in [3.63, 3.8) is 0 Å². The summed E-state index contributed by atoms with van der Waals surface area (Å²) in [4.78, 5) is 19.2. The molecule has 1 aliphatic rings. The highest BCUT2D eigenvalue weighted by Crippen LogP contribution is 2.06. The summed E-state index contributed by atoms with van der Waals surface area (Å²) in [6.45, 7) is 12.0. The van der Waals surface area contributed by atoms with Gasteiger partial charge in [0, 0.05) is 58.9 Å². The van der Waals surface area contributed by atoms with E-state index in [1.165, 1.54) is 0 Å². The monoisotopic (exact) mass is 501 g/mol. The topological polar surface area (TPSA) is 97.0 Å². The number of hydrogen-bond donors (Lipinski definition) is 2. The Labute approximate surface area is 211 Å². The van der Waals surface area contributed by atoms with Crippen LogP contribution >= 0.6 is 0 Å². The molecule has 0 radical (unpaired) electrons. The summed E-state index contributed by atoms with van der Waals surface area (Å²) in [5.41, 5.74) is 0. The van der Waals surface area contributed by atoms with Gasteiger partial charge in [0.15, 0.2) is 0 Å². The van der Waals surface area contributed by atoms with Crippen molar-refractivity contribution in [2.45, 2.75) is 0 Å². The number of amides is 2. The van der Waals surface area contributed by atoms with Gasteiger partial charge in [0.1, 0.15) is 6.61 Å². The molecule has 2 amide bonds. The summed E-state index contributed by atoms with van der Waals surface area (Å²) in [5.74, 6) is 2.41. The second kappa shape index (κ2) is 22.9. The van der Waals surface area contributed by atoms with Crippen molar-refractivity contribution in [3.05, 3.63) is 0 Å². The Balaban J connectivity index is 2.22. The molecule has 2 N–H and O–H groups in total. The molecule has 1 saturated heterocycles. The summed E-state index contributed by atoms with van der Waals surface area (Å²) >= 11 is 0. The third-order valence-corrected chi connectivity index (χ3v) is 5.40. The predicted octanol–water partition coefficient (Wildman–Crippen LogP) is -0.819. The molecule has 11 nitrogen and oxygen atoms in total. The molecule has 1 fully saturated rings. The SMILES string of the molecule is C#CCOCCOCCOCCN1CCN(C(=O)N(CCOCCNC)CCOCCNC)CC1. The fourth-order valence-corrected chi connectivity index (χ4v) is 3.33. The third kappa shape index (κ3) is 16.7. The average Bonchev–Trinajstić information content (AvgIpc) is 2.88. The van der Waals surface area contributed by atoms with Crippen molar-refractivity contribution in [1.29, 1.82) is 0 Å². The highest BCUT2D eigenvalue weighted by molar-refractivity contribution is 5.74. The Morgan fingerprint density at radius 3 is 1.83 bits per heavy atom. The van der Waals surface area contributed by atoms with Gasteiger partial charge in [-0.3, -0.25) is 4.90 Å². The first-order chi connectivity index (χ1) is 17.2. The maximum absolute atomic E-state index is 13.1. The fourth-order valence-electron chi connectivity index (χ4n) is 3.33. The highest BCUT2D eigenvalue weighted by Gasteiger charge is 2.25. The maximum atomic E-state index is 13.1. The van der Waals surface area contributed by atoms with Crippen LogP contribution in [0.1, 0.15) is 0 Å². The minimum atomic E-state index is 0.0544. The van der Waals surface area contributed by atoms with Gasteiger partial charge in [-0.1, -0.05) is 5.92 Å². The first-order valence-electron chi connectivity index (χ1n) is 12.6. The molecule has 0 aromatic heterocycles. The lowest BCUT2D eigenvalue weighted by Crippen LogP contribution is -2.54. The first kappa shape index (κ1) is 31.5. The number of terminal acetylenes is 1. The van der Waals surface area contributed by atoms with Crippen molar-refractivity contribution in [2.24, 2.45) is 0 Å². The van der Waals surface area contributed by atoms with Crippen LogP contribution in [0, 0.1) is 12.3 Å². The quantitative estimate of drug-likeness (QED) is 0.146. The smallest absolute Gasteiger partial charge is 0.320 e. The van der Waals surface area contributed by atoms with Crippen LogP contribution in [-0.2, 0) is 23.7 Å². The van der Waals surface area contributed by atoms with Crippen LogP contribution in [0.3, 0.4) is 0 Å². The lowest BCUT2D eigenvalue weighted by molar-refractivity contribution is 0.0126. The Bertz CT molecular complexity index is 529. The van der Waals surface area contributed by atoms with Crippen LogP contribution in [0.25, 0.3) is 0 Å². The second-order valence-electron chi connectivity index (χ2n) is 8.01. The molecule has 0 spiro atoms. The maximum Gasteiger partial charge on any atom is 0.320 e. The van der Waals surface area contributed by atoms with E-state index >= 15 is 0 Å². The molecule has 0 unspecified atom stereocenters. The predicted molar refractivity (Wildman–Crippen MR) is 136 cm³/mol. The fraction of sp³-hybridized carbons (Fsp3) is 0.875. The minimum Gasteiger partial charge on any atom is -0.378 e. The molecular weight excluding hydrogens is 454 g/mol. The summed E-state index contributed by atoms with van der Waals surface area (Å²) in [5, 5.41) is 6.11. The van der Waals surface area contributed by atoms with E-state index in [4.69, 9.17) is 30.1 Å². The lowest BCUT2D eigenvalue weighted by atomic mass is 10.3. The van der Waals surface area contributed by atoms with Gasteiger partial charge in [0.25, 0.3) is 0 Å². The largest absolute Gasteiger partial charge is 0.378 e. The zero-order valence-electron chi connectivity index (χ0n) is 21.8. The Kier molecular flexibility index (Phi) is 20.7. The van der Waals surface area contributed by atoms with E-state index in [1.807, 2.05) is 23.9 Å². The minimum absolute atomic E-state index is 0.0544. The van der Waals surface area contributed by atoms with E-state index in [9.17, 15) is 4.79 Å². The van der Waals surface area contributed by atoms with Crippen LogP contribution in [0.4, 0.5) is 4.79 Å². The van der Waals surface area contributed by atoms with E-state index in [0.717, 1.165) is 32.7 Å². The zero-order valence-corrected chi connectivity index (χ0v) is 21.8. The zero-order chi connectivity index (χ0) is 25.4. The van der Waals surface area contributed by atoms with Crippen LogP contribution in [0.5, 0.6) is 0 Å². The lowest BCUT2D eigenvalue weighted by Gasteiger charge is -2.37. The number of nitrogens with zero attached hydrogens (tertiary/aromatic N) is 3. The van der Waals surface area contributed by atoms with E-state index in [0.29, 0.717) is 92.2 Å². The highest BCUT2D eigenvalue weighted by atomic mass is 16.5. The number of likely N-dealkylation sites (N-methyl/N-ethyl adjacent to an activating group) is 2. The summed E-state index contributed by atoms with van der Waals surface area (Å²) in [6.07, 6.45) is 5.11. The van der Waals surface area contributed by atoms with Gasteiger partial charge in [-0.05, 0) is 14.1 Å². The van der Waals surface area contributed by atoms with Crippen LogP contribution in [0.2, 0.25) is 0 Å². The molecule has 35 heavy (non-hydrogen) atoms. The molecule has 1 rings (SSSR count). The molecule has 1 heterocycles. The number of urea groups is 1. The number of rotatable bonds is 22. The Morgan fingerprint density at radius 1 is 0.771 bits per heavy atom. The number of hydrogen-bond acceptors (Lipinski definition) is 9. The number of carbonyl (C=O) groups is 1. The van der Waals surface area contributed by atoms with E-state index in [-0.39, 0.29) is 6.03 Å². The number of carbonyl (C=O) groups excluding carboxylic acids is 1. The Morgan fingerprint density at radius 2 is 1.29 bits per heavy atom. The van der Waals surface area contributed by atoms with Gasteiger partial charge in [-0.25, -0.2) is 4.79 Å². The van der Waals surface area contributed by atoms with E-state index in [1.54, 1.807) is 0 Å². The number of ether oxygens (including phenoxy) is 5. The van der Waals surface area contributed by atoms with Gasteiger partial charge in [-0.2, -0.15) is 0 Å². The van der Waals surface area contributed by atoms with Crippen molar-refractivity contribution in [2.75, 3.05) is 139 Å². The van der Waals surface area contributed by atoms with Gasteiger partial charge >= 0.3 is 6.03 Å². The molecule has 1 aliphatic heterocycles. The van der Waals surface area contributed by atoms with E-state index < -0.39 is 0 Å².